The Morgan fingerprint density at radius 2 is 1.76 bits per heavy atom. The number of hydrogen-bond donors (Lipinski definition) is 1. The van der Waals surface area contributed by atoms with Crippen molar-refractivity contribution >= 4 is 17.5 Å². The van der Waals surface area contributed by atoms with E-state index in [2.05, 4.69) is 24.4 Å². The molecule has 0 fully saturated rings. The van der Waals surface area contributed by atoms with E-state index in [0.29, 0.717) is 23.9 Å². The number of hydrogen-bond acceptors (Lipinski definition) is 1. The van der Waals surface area contributed by atoms with Crippen LogP contribution in [-0.2, 0) is 11.2 Å². The number of nitrogens with one attached hydrogen (secondary N) is 1. The van der Waals surface area contributed by atoms with E-state index in [0.717, 1.165) is 12.0 Å². The summed E-state index contributed by atoms with van der Waals surface area (Å²) < 4.78 is 0. The van der Waals surface area contributed by atoms with Crippen LogP contribution in [0.3, 0.4) is 0 Å². The molecule has 1 N–H and O–H groups in total. The minimum Gasteiger partial charge on any atom is -0.356 e. The van der Waals surface area contributed by atoms with Crippen LogP contribution < -0.4 is 5.32 Å². The molecule has 0 saturated carbocycles. The molecule has 0 aromatic heterocycles. The van der Waals surface area contributed by atoms with Gasteiger partial charge in [-0.25, -0.2) is 0 Å². The van der Waals surface area contributed by atoms with Gasteiger partial charge < -0.3 is 5.32 Å². The first kappa shape index (κ1) is 15.6. The van der Waals surface area contributed by atoms with E-state index >= 15 is 0 Å². The van der Waals surface area contributed by atoms with Gasteiger partial charge >= 0.3 is 0 Å². The number of rotatable bonds is 6. The van der Waals surface area contributed by atoms with E-state index in [1.807, 2.05) is 42.5 Å². The highest BCUT2D eigenvalue weighted by molar-refractivity contribution is 6.30. The Labute approximate surface area is 131 Å². The van der Waals surface area contributed by atoms with Crippen LogP contribution >= 0.6 is 11.6 Å². The number of carbonyl (C=O) groups is 1. The van der Waals surface area contributed by atoms with Crippen molar-refractivity contribution in [1.82, 2.24) is 5.32 Å². The van der Waals surface area contributed by atoms with E-state index in [9.17, 15) is 4.79 Å². The Morgan fingerprint density at radius 3 is 2.43 bits per heavy atom. The lowest BCUT2D eigenvalue weighted by Crippen LogP contribution is -2.26. The van der Waals surface area contributed by atoms with Gasteiger partial charge in [-0.2, -0.15) is 0 Å². The fourth-order valence-corrected chi connectivity index (χ4v) is 2.35. The molecule has 2 aromatic carbocycles. The van der Waals surface area contributed by atoms with E-state index in [4.69, 9.17) is 11.6 Å². The fraction of sp³-hybridized carbons (Fsp3) is 0.278. The first-order valence-electron chi connectivity index (χ1n) is 7.21. The lowest BCUT2D eigenvalue weighted by Gasteiger charge is -2.12. The van der Waals surface area contributed by atoms with Crippen molar-refractivity contribution < 1.29 is 4.79 Å². The maximum absolute atomic E-state index is 11.9. The third-order valence-electron chi connectivity index (χ3n) is 3.55. The standard InChI is InChI=1S/C18H20ClNO/c1-14(16-5-3-2-4-6-16)11-12-20-18(21)13-15-7-9-17(19)10-8-15/h2-10,14H,11-13H2,1H3,(H,20,21). The third-order valence-corrected chi connectivity index (χ3v) is 3.80. The molecule has 0 heterocycles. The highest BCUT2D eigenvalue weighted by atomic mass is 35.5. The number of carbonyl (C=O) groups excluding carboxylic acids is 1. The average molecular weight is 302 g/mol. The first-order chi connectivity index (χ1) is 10.1. The molecule has 110 valence electrons. The molecule has 0 aliphatic carbocycles. The lowest BCUT2D eigenvalue weighted by molar-refractivity contribution is -0.120. The van der Waals surface area contributed by atoms with Crippen LogP contribution in [0.5, 0.6) is 0 Å². The molecule has 2 rings (SSSR count). The van der Waals surface area contributed by atoms with Gasteiger partial charge in [0.1, 0.15) is 0 Å². The maximum Gasteiger partial charge on any atom is 0.224 e. The molecule has 3 heteroatoms. The zero-order valence-corrected chi connectivity index (χ0v) is 12.9. The van der Waals surface area contributed by atoms with Gasteiger partial charge in [-0.15, -0.1) is 0 Å². The summed E-state index contributed by atoms with van der Waals surface area (Å²) in [6.45, 7) is 2.88. The van der Waals surface area contributed by atoms with E-state index in [1.54, 1.807) is 0 Å². The highest BCUT2D eigenvalue weighted by Crippen LogP contribution is 2.17. The van der Waals surface area contributed by atoms with E-state index in [1.165, 1.54) is 5.56 Å². The van der Waals surface area contributed by atoms with Gasteiger partial charge in [-0.3, -0.25) is 4.79 Å². The van der Waals surface area contributed by atoms with Crippen LogP contribution in [0.15, 0.2) is 54.6 Å². The fourth-order valence-electron chi connectivity index (χ4n) is 2.23. The summed E-state index contributed by atoms with van der Waals surface area (Å²) in [7, 11) is 0. The summed E-state index contributed by atoms with van der Waals surface area (Å²) in [4.78, 5) is 11.9. The Morgan fingerprint density at radius 1 is 1.10 bits per heavy atom. The van der Waals surface area contributed by atoms with Crippen LogP contribution in [0, 0.1) is 0 Å². The summed E-state index contributed by atoms with van der Waals surface area (Å²) in [5.74, 6) is 0.500. The van der Waals surface area contributed by atoms with Gasteiger partial charge in [0.15, 0.2) is 0 Å². The van der Waals surface area contributed by atoms with Crippen molar-refractivity contribution in [3.8, 4) is 0 Å². The molecule has 0 radical (unpaired) electrons. The Bertz CT molecular complexity index is 566. The zero-order valence-electron chi connectivity index (χ0n) is 12.2. The summed E-state index contributed by atoms with van der Waals surface area (Å²) >= 11 is 5.82. The van der Waals surface area contributed by atoms with Gasteiger partial charge in [0.05, 0.1) is 6.42 Å². The molecule has 0 bridgehead atoms. The van der Waals surface area contributed by atoms with Crippen LogP contribution in [-0.4, -0.2) is 12.5 Å². The smallest absolute Gasteiger partial charge is 0.224 e. The Kier molecular flexibility index (Phi) is 5.82. The predicted molar refractivity (Wildman–Crippen MR) is 87.6 cm³/mol. The molecule has 21 heavy (non-hydrogen) atoms. The van der Waals surface area contributed by atoms with Crippen molar-refractivity contribution in [3.05, 3.63) is 70.7 Å². The van der Waals surface area contributed by atoms with Crippen LogP contribution in [0.4, 0.5) is 0 Å². The normalized spacial score (nSPS) is 11.9. The molecule has 0 aliphatic rings. The van der Waals surface area contributed by atoms with Crippen molar-refractivity contribution in [2.24, 2.45) is 0 Å². The van der Waals surface area contributed by atoms with E-state index in [-0.39, 0.29) is 5.91 Å². The number of benzene rings is 2. The summed E-state index contributed by atoms with van der Waals surface area (Å²) in [6, 6.07) is 17.7. The zero-order chi connectivity index (χ0) is 15.1. The van der Waals surface area contributed by atoms with Crippen molar-refractivity contribution in [2.75, 3.05) is 6.54 Å². The quantitative estimate of drug-likeness (QED) is 0.851. The summed E-state index contributed by atoms with van der Waals surface area (Å²) in [5.41, 5.74) is 2.29. The molecule has 1 amide bonds. The molecule has 2 aromatic rings. The molecular weight excluding hydrogens is 282 g/mol. The minimum atomic E-state index is 0.0533. The summed E-state index contributed by atoms with van der Waals surface area (Å²) in [5, 5.41) is 3.67. The van der Waals surface area contributed by atoms with Crippen molar-refractivity contribution in [2.45, 2.75) is 25.7 Å². The largest absolute Gasteiger partial charge is 0.356 e. The minimum absolute atomic E-state index is 0.0533. The maximum atomic E-state index is 11.9. The second-order valence-electron chi connectivity index (χ2n) is 5.25. The van der Waals surface area contributed by atoms with E-state index < -0.39 is 0 Å². The SMILES string of the molecule is CC(CCNC(=O)Cc1ccc(Cl)cc1)c1ccccc1. The van der Waals surface area contributed by atoms with Crippen molar-refractivity contribution in [1.29, 1.82) is 0 Å². The van der Waals surface area contributed by atoms with Crippen LogP contribution in [0.2, 0.25) is 5.02 Å². The van der Waals surface area contributed by atoms with Crippen LogP contribution in [0.1, 0.15) is 30.4 Å². The highest BCUT2D eigenvalue weighted by Gasteiger charge is 2.07. The molecule has 0 aliphatic heterocycles. The topological polar surface area (TPSA) is 29.1 Å². The van der Waals surface area contributed by atoms with Crippen molar-refractivity contribution in [3.63, 3.8) is 0 Å². The molecule has 2 nitrogen and oxygen atoms in total. The second-order valence-corrected chi connectivity index (χ2v) is 5.69. The van der Waals surface area contributed by atoms with Gasteiger partial charge in [0.25, 0.3) is 0 Å². The lowest BCUT2D eigenvalue weighted by atomic mass is 9.98. The first-order valence-corrected chi connectivity index (χ1v) is 7.59. The molecule has 0 saturated heterocycles. The van der Waals surface area contributed by atoms with Crippen LogP contribution in [0.25, 0.3) is 0 Å². The molecular formula is C18H20ClNO. The van der Waals surface area contributed by atoms with Gasteiger partial charge in [0.2, 0.25) is 5.91 Å². The van der Waals surface area contributed by atoms with Gasteiger partial charge in [0, 0.05) is 11.6 Å². The second kappa shape index (κ2) is 7.84. The predicted octanol–water partition coefficient (Wildman–Crippen LogP) is 4.19. The summed E-state index contributed by atoms with van der Waals surface area (Å²) in [6.07, 6.45) is 1.34. The number of halogens is 1. The van der Waals surface area contributed by atoms with Gasteiger partial charge in [-0.1, -0.05) is 61.0 Å². The Hall–Kier alpha value is -1.80. The molecule has 0 spiro atoms. The number of amides is 1. The molecule has 1 atom stereocenters. The monoisotopic (exact) mass is 301 g/mol. The Balaban J connectivity index is 1.73. The molecule has 1 unspecified atom stereocenters. The van der Waals surface area contributed by atoms with Gasteiger partial charge in [-0.05, 0) is 35.6 Å². The third kappa shape index (κ3) is 5.24. The average Bonchev–Trinajstić information content (AvgIpc) is 2.50.